The van der Waals surface area contributed by atoms with Crippen LogP contribution in [0.25, 0.3) is 28.5 Å². The van der Waals surface area contributed by atoms with Crippen molar-refractivity contribution >= 4 is 29.2 Å². The molecule has 0 radical (unpaired) electrons. The van der Waals surface area contributed by atoms with Gasteiger partial charge in [0.15, 0.2) is 5.69 Å². The highest BCUT2D eigenvalue weighted by molar-refractivity contribution is 6.35. The van der Waals surface area contributed by atoms with E-state index in [2.05, 4.69) is 20.1 Å². The molecular formula is C27H24Cl2F3N5O4. The lowest BCUT2D eigenvalue weighted by molar-refractivity contribution is -0.142. The molecule has 0 amide bonds. The highest BCUT2D eigenvalue weighted by atomic mass is 35.5. The number of alkyl halides is 3. The summed E-state index contributed by atoms with van der Waals surface area (Å²) in [4.78, 5) is 17.3. The van der Waals surface area contributed by atoms with E-state index in [1.54, 1.807) is 24.3 Å². The molecule has 2 atom stereocenters. The number of likely N-dealkylation sites (tertiary alicyclic amines) is 1. The van der Waals surface area contributed by atoms with Crippen molar-refractivity contribution in [1.82, 2.24) is 24.8 Å². The molecule has 216 valence electrons. The highest BCUT2D eigenvalue weighted by Crippen LogP contribution is 2.39. The normalized spacial score (nSPS) is 17.1. The van der Waals surface area contributed by atoms with Gasteiger partial charge in [-0.05, 0) is 49.1 Å². The number of halogens is 5. The number of hydrogen-bond acceptors (Lipinski definition) is 7. The first kappa shape index (κ1) is 29.1. The molecule has 2 aromatic heterocycles. The summed E-state index contributed by atoms with van der Waals surface area (Å²) in [6.07, 6.45) is -2.84. The Kier molecular flexibility index (Phi) is 8.37. The average molecular weight is 610 g/mol. The van der Waals surface area contributed by atoms with Crippen molar-refractivity contribution in [2.24, 2.45) is 5.92 Å². The van der Waals surface area contributed by atoms with E-state index in [0.29, 0.717) is 28.9 Å². The summed E-state index contributed by atoms with van der Waals surface area (Å²) in [5, 5.41) is 27.8. The largest absolute Gasteiger partial charge is 0.481 e. The Bertz CT molecular complexity index is 1540. The molecule has 1 saturated heterocycles. The number of hydrogen-bond donors (Lipinski definition) is 2. The number of carboxylic acids is 1. The second-order valence-electron chi connectivity index (χ2n) is 9.84. The van der Waals surface area contributed by atoms with Crippen LogP contribution in [-0.4, -0.2) is 60.6 Å². The Morgan fingerprint density at radius 2 is 1.93 bits per heavy atom. The van der Waals surface area contributed by atoms with Gasteiger partial charge in [0.1, 0.15) is 0 Å². The fourth-order valence-corrected chi connectivity index (χ4v) is 5.49. The van der Waals surface area contributed by atoms with Crippen molar-refractivity contribution < 1.29 is 32.7 Å². The number of aliphatic hydroxyl groups excluding tert-OH is 1. The van der Waals surface area contributed by atoms with Gasteiger partial charge in [-0.1, -0.05) is 52.6 Å². The molecule has 5 rings (SSSR count). The van der Waals surface area contributed by atoms with Crippen molar-refractivity contribution in [3.05, 3.63) is 70.0 Å². The molecule has 1 aliphatic rings. The molecule has 0 bridgehead atoms. The predicted octanol–water partition coefficient (Wildman–Crippen LogP) is 6.14. The van der Waals surface area contributed by atoms with Gasteiger partial charge >= 0.3 is 12.1 Å². The number of carboxylic acid groups (broad SMARTS) is 1. The first-order chi connectivity index (χ1) is 19.5. The number of aliphatic hydroxyl groups is 1. The maximum absolute atomic E-state index is 14.1. The summed E-state index contributed by atoms with van der Waals surface area (Å²) in [6.45, 7) is 1.73. The highest BCUT2D eigenvalue weighted by Gasteiger charge is 2.41. The third-order valence-corrected chi connectivity index (χ3v) is 7.42. The minimum atomic E-state index is -4.83. The Hall–Kier alpha value is -3.45. The number of benzene rings is 2. The Labute approximate surface area is 242 Å². The molecule has 2 N–H and O–H groups in total. The molecule has 1 aliphatic heterocycles. The lowest BCUT2D eigenvalue weighted by Crippen LogP contribution is -2.38. The molecule has 41 heavy (non-hydrogen) atoms. The summed E-state index contributed by atoms with van der Waals surface area (Å²) in [5.74, 6) is -1.10. The Morgan fingerprint density at radius 1 is 1.17 bits per heavy atom. The predicted molar refractivity (Wildman–Crippen MR) is 144 cm³/mol. The van der Waals surface area contributed by atoms with Gasteiger partial charge in [-0.25, -0.2) is 4.68 Å². The lowest BCUT2D eigenvalue weighted by Gasteiger charge is -2.33. The van der Waals surface area contributed by atoms with Crippen molar-refractivity contribution in [1.29, 1.82) is 0 Å². The third kappa shape index (κ3) is 6.56. The minimum absolute atomic E-state index is 0.0217. The van der Waals surface area contributed by atoms with E-state index in [9.17, 15) is 23.1 Å². The zero-order valence-electron chi connectivity index (χ0n) is 21.4. The van der Waals surface area contributed by atoms with Crippen LogP contribution in [0.4, 0.5) is 13.2 Å². The quantitative estimate of drug-likeness (QED) is 0.245. The molecule has 14 heteroatoms. The first-order valence-corrected chi connectivity index (χ1v) is 13.4. The topological polar surface area (TPSA) is 118 Å². The standard InChI is InChI=1S/C27H24Cl2F3N5O4/c28-18-7-8-21(20(29)11-18)37-24(27(30,31)32)19(12-33-37)26-34-25(35-41-26)17-5-3-16(4-6-17)22(38)14-36-9-1-2-15(13-36)10-23(39)40/h3-8,11-12,15,22,38H,1-2,9-10,13-14H2,(H,39,40). The summed E-state index contributed by atoms with van der Waals surface area (Å²) in [5.41, 5.74) is -0.489. The van der Waals surface area contributed by atoms with E-state index in [1.807, 2.05) is 0 Å². The smallest absolute Gasteiger partial charge is 0.434 e. The Balaban J connectivity index is 1.34. The number of aromatic nitrogens is 4. The van der Waals surface area contributed by atoms with Crippen LogP contribution in [0.3, 0.4) is 0 Å². The monoisotopic (exact) mass is 609 g/mol. The number of nitrogens with zero attached hydrogens (tertiary/aromatic N) is 5. The maximum Gasteiger partial charge on any atom is 0.434 e. The van der Waals surface area contributed by atoms with Crippen molar-refractivity contribution in [2.75, 3.05) is 19.6 Å². The number of rotatable bonds is 8. The van der Waals surface area contributed by atoms with Crippen LogP contribution in [0, 0.1) is 5.92 Å². The van der Waals surface area contributed by atoms with E-state index >= 15 is 0 Å². The molecule has 0 saturated carbocycles. The minimum Gasteiger partial charge on any atom is -0.481 e. The van der Waals surface area contributed by atoms with Crippen LogP contribution in [0.2, 0.25) is 10.0 Å². The maximum atomic E-state index is 14.1. The van der Waals surface area contributed by atoms with Gasteiger partial charge in [-0.15, -0.1) is 0 Å². The number of carbonyl (C=O) groups is 1. The van der Waals surface area contributed by atoms with Crippen molar-refractivity contribution in [3.8, 4) is 28.5 Å². The lowest BCUT2D eigenvalue weighted by atomic mass is 9.94. The molecular weight excluding hydrogens is 586 g/mol. The fourth-order valence-electron chi connectivity index (χ4n) is 5.00. The zero-order chi connectivity index (χ0) is 29.3. The zero-order valence-corrected chi connectivity index (χ0v) is 22.9. The molecule has 0 aliphatic carbocycles. The fraction of sp³-hybridized carbons (Fsp3) is 0.333. The van der Waals surface area contributed by atoms with E-state index in [4.69, 9.17) is 32.8 Å². The van der Waals surface area contributed by atoms with Crippen molar-refractivity contribution in [2.45, 2.75) is 31.5 Å². The summed E-state index contributed by atoms with van der Waals surface area (Å²) in [6, 6.07) is 10.7. The van der Waals surface area contributed by atoms with Crippen LogP contribution in [0.5, 0.6) is 0 Å². The van der Waals surface area contributed by atoms with Crippen LogP contribution in [-0.2, 0) is 11.0 Å². The second kappa shape index (κ2) is 11.8. The summed E-state index contributed by atoms with van der Waals surface area (Å²) >= 11 is 12.0. The second-order valence-corrected chi connectivity index (χ2v) is 10.7. The van der Waals surface area contributed by atoms with Gasteiger partial charge in [0, 0.05) is 30.1 Å². The van der Waals surface area contributed by atoms with Gasteiger partial charge in [-0.2, -0.15) is 23.3 Å². The first-order valence-electron chi connectivity index (χ1n) is 12.7. The van der Waals surface area contributed by atoms with Gasteiger partial charge < -0.3 is 19.6 Å². The van der Waals surface area contributed by atoms with E-state index in [1.165, 1.54) is 18.2 Å². The summed E-state index contributed by atoms with van der Waals surface area (Å²) < 4.78 is 48.3. The SMILES string of the molecule is O=C(O)CC1CCCN(CC(O)c2ccc(-c3noc(-c4cnn(-c5ccc(Cl)cc5Cl)c4C(F)(F)F)n3)cc2)C1. The van der Waals surface area contributed by atoms with Crippen LogP contribution >= 0.6 is 23.2 Å². The number of β-amino-alcohol motifs (C(OH)–C–C–N with tert-alkyl or cyclic N) is 1. The van der Waals surface area contributed by atoms with E-state index in [0.717, 1.165) is 25.6 Å². The molecule has 4 aromatic rings. The van der Waals surface area contributed by atoms with Gasteiger partial charge in [0.25, 0.3) is 5.89 Å². The summed E-state index contributed by atoms with van der Waals surface area (Å²) in [7, 11) is 0. The van der Waals surface area contributed by atoms with E-state index < -0.39 is 29.5 Å². The molecule has 1 fully saturated rings. The molecule has 2 unspecified atom stereocenters. The molecule has 9 nitrogen and oxygen atoms in total. The number of aliphatic carboxylic acids is 1. The van der Waals surface area contributed by atoms with E-state index in [-0.39, 0.29) is 39.8 Å². The third-order valence-electron chi connectivity index (χ3n) is 6.88. The van der Waals surface area contributed by atoms with Crippen LogP contribution in [0.1, 0.15) is 36.6 Å². The molecule has 0 spiro atoms. The van der Waals surface area contributed by atoms with Gasteiger partial charge in [0.2, 0.25) is 5.82 Å². The van der Waals surface area contributed by atoms with Crippen LogP contribution < -0.4 is 0 Å². The average Bonchev–Trinajstić information content (AvgIpc) is 3.56. The van der Waals surface area contributed by atoms with Gasteiger partial charge in [-0.3, -0.25) is 4.79 Å². The molecule has 2 aromatic carbocycles. The number of piperidine rings is 1. The Morgan fingerprint density at radius 3 is 2.61 bits per heavy atom. The molecule has 3 heterocycles. The van der Waals surface area contributed by atoms with Crippen molar-refractivity contribution in [3.63, 3.8) is 0 Å². The van der Waals surface area contributed by atoms with Crippen LogP contribution in [0.15, 0.2) is 53.2 Å². The van der Waals surface area contributed by atoms with Gasteiger partial charge in [0.05, 0.1) is 28.6 Å².